The van der Waals surface area contributed by atoms with E-state index >= 15 is 0 Å². The number of carbonyl (C=O) groups excluding carboxylic acids is 1. The van der Waals surface area contributed by atoms with Crippen LogP contribution in [-0.4, -0.2) is 34.9 Å². The van der Waals surface area contributed by atoms with E-state index < -0.39 is 12.1 Å². The minimum Gasteiger partial charge on any atom is -0.394 e. The van der Waals surface area contributed by atoms with Crippen LogP contribution in [0.5, 0.6) is 0 Å². The zero-order chi connectivity index (χ0) is 51.3. The number of carbonyl (C=O) groups is 1. The summed E-state index contributed by atoms with van der Waals surface area (Å²) < 4.78 is 0. The first-order valence-electron chi connectivity index (χ1n) is 32.0. The second-order valence-electron chi connectivity index (χ2n) is 21.8. The average Bonchev–Trinajstić information content (AvgIpc) is 3.37. The molecule has 2 unspecified atom stereocenters. The van der Waals surface area contributed by atoms with Crippen LogP contribution in [0.3, 0.4) is 0 Å². The van der Waals surface area contributed by atoms with Crippen molar-refractivity contribution in [2.24, 2.45) is 0 Å². The molecule has 71 heavy (non-hydrogen) atoms. The number of aliphatic hydroxyl groups is 2. The fraction of sp³-hybridized carbons (Fsp3) is 0.836. The number of amides is 1. The summed E-state index contributed by atoms with van der Waals surface area (Å²) in [5, 5.41) is 23.4. The van der Waals surface area contributed by atoms with Crippen molar-refractivity contribution < 1.29 is 15.0 Å². The number of unbranched alkanes of at least 4 members (excludes halogenated alkanes) is 42. The van der Waals surface area contributed by atoms with Gasteiger partial charge < -0.3 is 15.5 Å². The molecule has 0 aliphatic carbocycles. The standard InChI is InChI=1S/C67H125NO3/c1-3-5-7-9-11-13-15-17-19-21-23-25-27-29-31-33-34-35-37-39-41-43-45-47-49-51-53-55-57-59-61-63-67(71)68-65(64-69)66(70)62-60-58-56-54-52-50-48-46-44-42-40-38-36-32-30-28-26-24-22-20-18-16-14-12-10-8-6-4-2/h5,7,11,13,17,19,23,25,29,31,65-66,69-70H,3-4,6,8-10,12,14-16,18,20-22,24,26-28,30,32-64H2,1-2H3,(H,68,71)/b7-5-,13-11-,19-17-,25-23-,31-29-. The second kappa shape index (κ2) is 62.4. The number of allylic oxidation sites excluding steroid dienone is 10. The normalized spacial score (nSPS) is 13.1. The molecule has 0 aromatic carbocycles. The quantitative estimate of drug-likeness (QED) is 0.0420. The van der Waals surface area contributed by atoms with E-state index in [1.807, 2.05) is 0 Å². The lowest BCUT2D eigenvalue weighted by Gasteiger charge is -2.22. The van der Waals surface area contributed by atoms with Gasteiger partial charge >= 0.3 is 0 Å². The fourth-order valence-corrected chi connectivity index (χ4v) is 9.98. The SMILES string of the molecule is CC/C=C\C/C=C\C/C=C\C/C=C\C/C=C\CCCCCCCCCCCCCCCCCC(=O)NC(CO)C(O)CCCCCCCCCCCCCCCCCCCCCCCCCCCCCC. The molecule has 0 heterocycles. The highest BCUT2D eigenvalue weighted by Gasteiger charge is 2.20. The van der Waals surface area contributed by atoms with Gasteiger partial charge in [-0.3, -0.25) is 4.79 Å². The summed E-state index contributed by atoms with van der Waals surface area (Å²) >= 11 is 0. The molecule has 416 valence electrons. The molecule has 3 N–H and O–H groups in total. The van der Waals surface area contributed by atoms with Crippen molar-refractivity contribution in [1.82, 2.24) is 5.32 Å². The van der Waals surface area contributed by atoms with Crippen LogP contribution in [0.15, 0.2) is 60.8 Å². The highest BCUT2D eigenvalue weighted by atomic mass is 16.3. The third-order valence-corrected chi connectivity index (χ3v) is 14.8. The Morgan fingerprint density at radius 2 is 0.620 bits per heavy atom. The van der Waals surface area contributed by atoms with Gasteiger partial charge in [-0.25, -0.2) is 0 Å². The van der Waals surface area contributed by atoms with Crippen LogP contribution < -0.4 is 5.32 Å². The van der Waals surface area contributed by atoms with E-state index in [2.05, 4.69) is 79.9 Å². The van der Waals surface area contributed by atoms with Crippen molar-refractivity contribution in [3.05, 3.63) is 60.8 Å². The molecule has 0 aromatic heterocycles. The van der Waals surface area contributed by atoms with E-state index in [0.29, 0.717) is 12.8 Å². The van der Waals surface area contributed by atoms with Crippen molar-refractivity contribution in [2.75, 3.05) is 6.61 Å². The van der Waals surface area contributed by atoms with Gasteiger partial charge in [0.05, 0.1) is 18.8 Å². The van der Waals surface area contributed by atoms with Gasteiger partial charge in [0, 0.05) is 6.42 Å². The van der Waals surface area contributed by atoms with Crippen molar-refractivity contribution in [3.8, 4) is 0 Å². The van der Waals surface area contributed by atoms with Gasteiger partial charge in [0.2, 0.25) is 5.91 Å². The van der Waals surface area contributed by atoms with E-state index in [9.17, 15) is 15.0 Å². The van der Waals surface area contributed by atoms with Crippen LogP contribution in [0.2, 0.25) is 0 Å². The smallest absolute Gasteiger partial charge is 0.220 e. The molecular formula is C67H125NO3. The molecule has 0 aromatic rings. The summed E-state index contributed by atoms with van der Waals surface area (Å²) in [6, 6.07) is -0.540. The van der Waals surface area contributed by atoms with Gasteiger partial charge in [-0.1, -0.05) is 338 Å². The molecule has 0 fully saturated rings. The first-order chi connectivity index (χ1) is 35.2. The molecule has 4 heteroatoms. The Labute approximate surface area is 445 Å². The van der Waals surface area contributed by atoms with E-state index in [4.69, 9.17) is 0 Å². The summed E-state index contributed by atoms with van der Waals surface area (Å²) in [4.78, 5) is 12.5. The first-order valence-corrected chi connectivity index (χ1v) is 32.0. The lowest BCUT2D eigenvalue weighted by Crippen LogP contribution is -2.45. The number of hydrogen-bond donors (Lipinski definition) is 3. The molecule has 0 aliphatic heterocycles. The van der Waals surface area contributed by atoms with E-state index in [1.54, 1.807) is 0 Å². The monoisotopic (exact) mass is 992 g/mol. The average molecular weight is 993 g/mol. The fourth-order valence-electron chi connectivity index (χ4n) is 9.98. The molecule has 0 radical (unpaired) electrons. The summed E-state index contributed by atoms with van der Waals surface area (Å²) in [5.74, 6) is -0.0279. The van der Waals surface area contributed by atoms with Crippen molar-refractivity contribution in [3.63, 3.8) is 0 Å². The largest absolute Gasteiger partial charge is 0.394 e. The Morgan fingerprint density at radius 1 is 0.352 bits per heavy atom. The van der Waals surface area contributed by atoms with Crippen LogP contribution in [0.25, 0.3) is 0 Å². The van der Waals surface area contributed by atoms with Gasteiger partial charge in [0.15, 0.2) is 0 Å². The number of aliphatic hydroxyl groups excluding tert-OH is 2. The highest BCUT2D eigenvalue weighted by Crippen LogP contribution is 2.18. The molecule has 0 rings (SSSR count). The molecule has 1 amide bonds. The van der Waals surface area contributed by atoms with Crippen molar-refractivity contribution in [1.29, 1.82) is 0 Å². The minimum atomic E-state index is -0.663. The minimum absolute atomic E-state index is 0.0279. The Balaban J connectivity index is 3.43. The predicted molar refractivity (Wildman–Crippen MR) is 318 cm³/mol. The summed E-state index contributed by atoms with van der Waals surface area (Å²) in [5.41, 5.74) is 0. The van der Waals surface area contributed by atoms with Crippen molar-refractivity contribution >= 4 is 5.91 Å². The number of rotatable bonds is 59. The molecule has 0 saturated carbocycles. The van der Waals surface area contributed by atoms with Gasteiger partial charge in [-0.05, 0) is 57.8 Å². The van der Waals surface area contributed by atoms with Crippen LogP contribution in [0.1, 0.15) is 341 Å². The molecule has 4 nitrogen and oxygen atoms in total. The van der Waals surface area contributed by atoms with Crippen LogP contribution >= 0.6 is 0 Å². The van der Waals surface area contributed by atoms with Crippen LogP contribution in [0, 0.1) is 0 Å². The predicted octanol–water partition coefficient (Wildman–Crippen LogP) is 21.5. The summed E-state index contributed by atoms with van der Waals surface area (Å²) in [6.07, 6.45) is 88.1. The van der Waals surface area contributed by atoms with Crippen LogP contribution in [-0.2, 0) is 4.79 Å². The van der Waals surface area contributed by atoms with Gasteiger partial charge in [0.1, 0.15) is 0 Å². The molecule has 0 spiro atoms. The lowest BCUT2D eigenvalue weighted by molar-refractivity contribution is -0.123. The highest BCUT2D eigenvalue weighted by molar-refractivity contribution is 5.76. The summed E-state index contributed by atoms with van der Waals surface area (Å²) in [7, 11) is 0. The Bertz CT molecular complexity index is 1170. The van der Waals surface area contributed by atoms with Crippen molar-refractivity contribution in [2.45, 2.75) is 353 Å². The third-order valence-electron chi connectivity index (χ3n) is 14.8. The first kappa shape index (κ1) is 69.1. The maximum Gasteiger partial charge on any atom is 0.220 e. The zero-order valence-electron chi connectivity index (χ0n) is 48.0. The lowest BCUT2D eigenvalue weighted by atomic mass is 10.0. The Kier molecular flexibility index (Phi) is 60.7. The number of hydrogen-bond acceptors (Lipinski definition) is 3. The number of nitrogens with one attached hydrogen (secondary N) is 1. The zero-order valence-corrected chi connectivity index (χ0v) is 48.0. The topological polar surface area (TPSA) is 69.6 Å². The van der Waals surface area contributed by atoms with E-state index in [1.165, 1.54) is 257 Å². The second-order valence-corrected chi connectivity index (χ2v) is 21.8. The van der Waals surface area contributed by atoms with E-state index in [-0.39, 0.29) is 12.5 Å². The molecule has 0 saturated heterocycles. The van der Waals surface area contributed by atoms with Gasteiger partial charge in [-0.15, -0.1) is 0 Å². The van der Waals surface area contributed by atoms with Crippen LogP contribution in [0.4, 0.5) is 0 Å². The molecular weight excluding hydrogens is 867 g/mol. The Morgan fingerprint density at radius 3 is 0.930 bits per heavy atom. The third kappa shape index (κ3) is 58.8. The summed E-state index contributed by atoms with van der Waals surface area (Å²) in [6.45, 7) is 4.28. The maximum atomic E-state index is 12.5. The molecule has 2 atom stereocenters. The maximum absolute atomic E-state index is 12.5. The Hall–Kier alpha value is -1.91. The van der Waals surface area contributed by atoms with Gasteiger partial charge in [0.25, 0.3) is 0 Å². The molecule has 0 aliphatic rings. The molecule has 0 bridgehead atoms. The van der Waals surface area contributed by atoms with E-state index in [0.717, 1.165) is 57.8 Å². The van der Waals surface area contributed by atoms with Gasteiger partial charge in [-0.2, -0.15) is 0 Å².